The van der Waals surface area contributed by atoms with Crippen molar-refractivity contribution in [2.75, 3.05) is 6.61 Å². The van der Waals surface area contributed by atoms with E-state index in [1.807, 2.05) is 0 Å². The number of halogens is 1. The van der Waals surface area contributed by atoms with Crippen LogP contribution in [0.1, 0.15) is 36.0 Å². The summed E-state index contributed by atoms with van der Waals surface area (Å²) in [5, 5.41) is 9.26. The van der Waals surface area contributed by atoms with E-state index in [1.54, 1.807) is 18.2 Å². The highest BCUT2D eigenvalue weighted by Crippen LogP contribution is 2.53. The van der Waals surface area contributed by atoms with Crippen molar-refractivity contribution in [1.29, 1.82) is 0 Å². The van der Waals surface area contributed by atoms with E-state index in [0.29, 0.717) is 42.3 Å². The van der Waals surface area contributed by atoms with Crippen LogP contribution in [0.15, 0.2) is 36.4 Å². The second kappa shape index (κ2) is 6.98. The maximum atomic E-state index is 12.1. The number of carbonyl (C=O) groups excluding carboxylic acids is 2. The Hall–Kier alpha value is -1.81. The summed E-state index contributed by atoms with van der Waals surface area (Å²) >= 11 is 5.50. The third-order valence-corrected chi connectivity index (χ3v) is 5.69. The van der Waals surface area contributed by atoms with Gasteiger partial charge in [-0.15, -0.1) is 0 Å². The molecule has 0 amide bonds. The fraction of sp³-hybridized carbons (Fsp3) is 0.474. The molecular weight excluding hydrogens is 328 g/mol. The highest BCUT2D eigenvalue weighted by Gasteiger charge is 2.46. The van der Waals surface area contributed by atoms with Gasteiger partial charge in [-0.2, -0.15) is 0 Å². The maximum absolute atomic E-state index is 12.1. The van der Waals surface area contributed by atoms with E-state index in [-0.39, 0.29) is 11.3 Å². The number of hydrogen-bond donors (Lipinski definition) is 1. The molecule has 0 saturated heterocycles. The number of para-hydroxylation sites is 1. The molecule has 0 radical (unpaired) electrons. The lowest BCUT2D eigenvalue weighted by Gasteiger charge is -2.29. The number of phenols is 1. The third kappa shape index (κ3) is 3.48. The van der Waals surface area contributed by atoms with Gasteiger partial charge in [0.25, 0.3) is 0 Å². The lowest BCUT2D eigenvalue weighted by Crippen LogP contribution is -2.26. The van der Waals surface area contributed by atoms with Crippen LogP contribution in [0.3, 0.4) is 0 Å². The Morgan fingerprint density at radius 2 is 1.92 bits per heavy atom. The molecule has 4 nitrogen and oxygen atoms in total. The van der Waals surface area contributed by atoms with Crippen molar-refractivity contribution in [3.63, 3.8) is 0 Å². The molecule has 2 bridgehead atoms. The fourth-order valence-electron chi connectivity index (χ4n) is 4.38. The Kier molecular flexibility index (Phi) is 4.95. The van der Waals surface area contributed by atoms with E-state index in [9.17, 15) is 14.7 Å². The van der Waals surface area contributed by atoms with Gasteiger partial charge in [-0.3, -0.25) is 4.79 Å². The number of phenolic OH excluding ortho intramolecular Hbond substituents is 1. The number of rotatable bonds is 6. The molecule has 2 saturated carbocycles. The Labute approximate surface area is 146 Å². The van der Waals surface area contributed by atoms with E-state index in [4.69, 9.17) is 16.3 Å². The van der Waals surface area contributed by atoms with E-state index < -0.39 is 11.2 Å². The third-order valence-electron chi connectivity index (χ3n) is 5.43. The van der Waals surface area contributed by atoms with Gasteiger partial charge >= 0.3 is 5.97 Å². The van der Waals surface area contributed by atoms with Gasteiger partial charge in [-0.25, -0.2) is 4.79 Å². The summed E-state index contributed by atoms with van der Waals surface area (Å²) in [7, 11) is 0. The predicted molar refractivity (Wildman–Crippen MR) is 90.8 cm³/mol. The first-order valence-corrected chi connectivity index (χ1v) is 8.66. The summed E-state index contributed by atoms with van der Waals surface area (Å²) in [6.07, 6.45) is 3.90. The van der Waals surface area contributed by atoms with Gasteiger partial charge in [0.1, 0.15) is 11.3 Å². The van der Waals surface area contributed by atoms with Crippen molar-refractivity contribution in [3.8, 4) is 5.75 Å². The number of esters is 1. The van der Waals surface area contributed by atoms with Gasteiger partial charge in [0, 0.05) is 5.57 Å². The summed E-state index contributed by atoms with van der Waals surface area (Å²) < 4.78 is 5.43. The zero-order valence-corrected chi connectivity index (χ0v) is 14.2. The van der Waals surface area contributed by atoms with Crippen LogP contribution in [0.2, 0.25) is 0 Å². The zero-order valence-electron chi connectivity index (χ0n) is 13.4. The fourth-order valence-corrected chi connectivity index (χ4v) is 4.46. The van der Waals surface area contributed by atoms with Crippen LogP contribution in [0.25, 0.3) is 0 Å². The lowest BCUT2D eigenvalue weighted by molar-refractivity contribution is -0.108. The molecule has 0 aliphatic heterocycles. The molecule has 1 aromatic rings. The molecule has 24 heavy (non-hydrogen) atoms. The molecule has 2 fully saturated rings. The van der Waals surface area contributed by atoms with Crippen LogP contribution in [0, 0.1) is 23.7 Å². The topological polar surface area (TPSA) is 63.6 Å². The minimum Gasteiger partial charge on any atom is -0.507 e. The van der Waals surface area contributed by atoms with Gasteiger partial charge in [-0.1, -0.05) is 18.7 Å². The van der Waals surface area contributed by atoms with E-state index in [0.717, 1.165) is 19.3 Å². The summed E-state index contributed by atoms with van der Waals surface area (Å²) in [6.45, 7) is 4.11. The van der Waals surface area contributed by atoms with E-state index in [2.05, 4.69) is 6.58 Å². The van der Waals surface area contributed by atoms with Crippen molar-refractivity contribution in [2.45, 2.75) is 25.7 Å². The molecule has 2 aliphatic carbocycles. The van der Waals surface area contributed by atoms with E-state index in [1.165, 1.54) is 6.07 Å². The van der Waals surface area contributed by atoms with Crippen molar-refractivity contribution in [3.05, 3.63) is 42.0 Å². The summed E-state index contributed by atoms with van der Waals surface area (Å²) in [5.74, 6) is 1.22. The number of allylic oxidation sites excluding steroid dienone is 1. The molecule has 0 aromatic heterocycles. The molecular formula is C19H21ClO4. The summed E-state index contributed by atoms with van der Waals surface area (Å²) in [6, 6.07) is 6.38. The number of carbonyl (C=O) groups is 2. The van der Waals surface area contributed by atoms with Gasteiger partial charge in [0.05, 0.1) is 6.61 Å². The first-order chi connectivity index (χ1) is 11.5. The molecule has 0 spiro atoms. The van der Waals surface area contributed by atoms with Crippen LogP contribution >= 0.6 is 11.6 Å². The van der Waals surface area contributed by atoms with Gasteiger partial charge in [0.2, 0.25) is 5.24 Å². The number of benzene rings is 1. The van der Waals surface area contributed by atoms with Crippen LogP contribution in [-0.2, 0) is 9.53 Å². The monoisotopic (exact) mass is 348 g/mol. The number of ether oxygens (including phenoxy) is 1. The molecule has 1 aromatic carbocycles. The van der Waals surface area contributed by atoms with Gasteiger partial charge < -0.3 is 9.84 Å². The SMILES string of the molecule is C=C(CC1CC2CC(COC(=O)c3ccccc3O)C1C2)C(=O)Cl. The van der Waals surface area contributed by atoms with Crippen LogP contribution in [0.5, 0.6) is 5.75 Å². The lowest BCUT2D eigenvalue weighted by atomic mass is 9.78. The molecule has 2 aliphatic rings. The summed E-state index contributed by atoms with van der Waals surface area (Å²) in [5.41, 5.74) is 0.664. The Balaban J connectivity index is 1.57. The quantitative estimate of drug-likeness (QED) is 0.480. The second-order valence-corrected chi connectivity index (χ2v) is 7.30. The van der Waals surface area contributed by atoms with E-state index >= 15 is 0 Å². The highest BCUT2D eigenvalue weighted by molar-refractivity contribution is 6.67. The minimum absolute atomic E-state index is 0.0646. The first-order valence-electron chi connectivity index (χ1n) is 8.28. The van der Waals surface area contributed by atoms with Crippen molar-refractivity contribution in [2.24, 2.45) is 23.7 Å². The zero-order chi connectivity index (χ0) is 17.3. The molecule has 1 N–H and O–H groups in total. The minimum atomic E-state index is -0.493. The average molecular weight is 349 g/mol. The second-order valence-electron chi connectivity index (χ2n) is 6.95. The van der Waals surface area contributed by atoms with Crippen molar-refractivity contribution in [1.82, 2.24) is 0 Å². The number of fused-ring (bicyclic) bond motifs is 2. The highest BCUT2D eigenvalue weighted by atomic mass is 35.5. The Bertz CT molecular complexity index is 669. The largest absolute Gasteiger partial charge is 0.507 e. The van der Waals surface area contributed by atoms with Crippen LogP contribution in [0.4, 0.5) is 0 Å². The normalized spacial score (nSPS) is 27.9. The van der Waals surface area contributed by atoms with Crippen molar-refractivity contribution < 1.29 is 19.4 Å². The van der Waals surface area contributed by atoms with Gasteiger partial charge in [-0.05, 0) is 73.1 Å². The van der Waals surface area contributed by atoms with Gasteiger partial charge in [0.15, 0.2) is 0 Å². The molecule has 3 rings (SSSR count). The average Bonchev–Trinajstić information content (AvgIpc) is 3.12. The van der Waals surface area contributed by atoms with Crippen molar-refractivity contribution >= 4 is 22.8 Å². The molecule has 128 valence electrons. The van der Waals surface area contributed by atoms with Crippen LogP contribution in [-0.4, -0.2) is 22.9 Å². The number of hydrogen-bond acceptors (Lipinski definition) is 4. The first kappa shape index (κ1) is 17.0. The standard InChI is InChI=1S/C19H21ClO4/c1-11(18(20)22)6-13-7-12-8-14(16(13)9-12)10-24-19(23)15-4-2-3-5-17(15)21/h2-5,12-14,16,21H,1,6-10H2. The molecule has 5 heteroatoms. The maximum Gasteiger partial charge on any atom is 0.341 e. The molecule has 0 heterocycles. The predicted octanol–water partition coefficient (Wildman–Crippen LogP) is 3.92. The smallest absolute Gasteiger partial charge is 0.341 e. The number of aromatic hydroxyl groups is 1. The Morgan fingerprint density at radius 3 is 2.58 bits per heavy atom. The molecule has 4 unspecified atom stereocenters. The van der Waals surface area contributed by atoms with Crippen LogP contribution < -0.4 is 0 Å². The summed E-state index contributed by atoms with van der Waals surface area (Å²) in [4.78, 5) is 23.3. The molecule has 4 atom stereocenters. The Morgan fingerprint density at radius 1 is 1.21 bits per heavy atom.